The molecule has 0 saturated heterocycles. The zero-order chi connectivity index (χ0) is 15.8. The Morgan fingerprint density at radius 1 is 1.10 bits per heavy atom. The van der Waals surface area contributed by atoms with E-state index < -0.39 is 12.1 Å². The molecule has 1 N–H and O–H groups in total. The number of quaternary nitrogens is 1. The van der Waals surface area contributed by atoms with Crippen molar-refractivity contribution >= 4 is 11.9 Å². The van der Waals surface area contributed by atoms with E-state index >= 15 is 0 Å². The van der Waals surface area contributed by atoms with Gasteiger partial charge < -0.3 is 14.3 Å². The molecule has 0 aromatic rings. The normalized spacial score (nSPS) is 13.3. The number of carboxylic acids is 1. The van der Waals surface area contributed by atoms with Gasteiger partial charge in [-0.25, -0.2) is 0 Å². The summed E-state index contributed by atoms with van der Waals surface area (Å²) in [6.07, 6.45) is 2.77. The van der Waals surface area contributed by atoms with Gasteiger partial charge in [-0.15, -0.1) is 0 Å². The molecule has 0 unspecified atom stereocenters. The van der Waals surface area contributed by atoms with Crippen molar-refractivity contribution in [1.82, 2.24) is 0 Å². The van der Waals surface area contributed by atoms with E-state index in [1.54, 1.807) is 0 Å². The second-order valence-corrected chi connectivity index (χ2v) is 6.40. The van der Waals surface area contributed by atoms with Crippen molar-refractivity contribution < 1.29 is 23.9 Å². The fraction of sp³-hybridized carbons (Fsp3) is 0.867. The standard InChI is InChI=1S/C15H29NO4/c1-6-8-12(9-7-2)15(19)20-13(10-14(17)18)11-16(3,4)5/h12-13H,6-11H2,1-5H3/p+1/t13-/m1/s1. The maximum atomic E-state index is 12.2. The number of nitrogens with zero attached hydrogens (tertiary/aromatic N) is 1. The van der Waals surface area contributed by atoms with Gasteiger partial charge in [-0.2, -0.15) is 0 Å². The highest BCUT2D eigenvalue weighted by Crippen LogP contribution is 2.17. The lowest BCUT2D eigenvalue weighted by Gasteiger charge is -2.29. The van der Waals surface area contributed by atoms with Gasteiger partial charge in [0.15, 0.2) is 6.10 Å². The van der Waals surface area contributed by atoms with Crippen molar-refractivity contribution in [3.63, 3.8) is 0 Å². The lowest BCUT2D eigenvalue weighted by Crippen LogP contribution is -2.44. The lowest BCUT2D eigenvalue weighted by molar-refractivity contribution is -0.873. The first-order valence-corrected chi connectivity index (χ1v) is 7.42. The van der Waals surface area contributed by atoms with E-state index in [0.29, 0.717) is 11.0 Å². The topological polar surface area (TPSA) is 63.6 Å². The molecule has 0 aliphatic carbocycles. The number of rotatable bonds is 10. The van der Waals surface area contributed by atoms with Crippen LogP contribution in [0.15, 0.2) is 0 Å². The monoisotopic (exact) mass is 288 g/mol. The van der Waals surface area contributed by atoms with Crippen LogP contribution in [0.5, 0.6) is 0 Å². The number of carbonyl (C=O) groups is 2. The molecule has 5 nitrogen and oxygen atoms in total. The van der Waals surface area contributed by atoms with Crippen LogP contribution in [0.4, 0.5) is 0 Å². The Labute approximate surface area is 122 Å². The van der Waals surface area contributed by atoms with Gasteiger partial charge in [0.25, 0.3) is 0 Å². The molecule has 0 saturated carbocycles. The van der Waals surface area contributed by atoms with E-state index in [0.717, 1.165) is 25.7 Å². The van der Waals surface area contributed by atoms with E-state index in [2.05, 4.69) is 0 Å². The van der Waals surface area contributed by atoms with Crippen LogP contribution in [0.25, 0.3) is 0 Å². The Kier molecular flexibility index (Phi) is 8.46. The van der Waals surface area contributed by atoms with Crippen molar-refractivity contribution in [1.29, 1.82) is 0 Å². The lowest BCUT2D eigenvalue weighted by atomic mass is 9.98. The highest BCUT2D eigenvalue weighted by atomic mass is 16.5. The summed E-state index contributed by atoms with van der Waals surface area (Å²) >= 11 is 0. The molecule has 0 amide bonds. The highest BCUT2D eigenvalue weighted by Gasteiger charge is 2.27. The summed E-state index contributed by atoms with van der Waals surface area (Å²) in [6.45, 7) is 4.58. The molecule has 0 aromatic heterocycles. The van der Waals surface area contributed by atoms with Crippen LogP contribution in [0.3, 0.4) is 0 Å². The zero-order valence-corrected chi connectivity index (χ0v) is 13.5. The first-order valence-electron chi connectivity index (χ1n) is 7.42. The maximum Gasteiger partial charge on any atom is 0.309 e. The molecule has 0 radical (unpaired) electrons. The molecule has 0 fully saturated rings. The number of carbonyl (C=O) groups excluding carboxylic acids is 1. The van der Waals surface area contributed by atoms with E-state index in [1.807, 2.05) is 35.0 Å². The third kappa shape index (κ3) is 8.91. The van der Waals surface area contributed by atoms with Crippen LogP contribution >= 0.6 is 0 Å². The fourth-order valence-corrected chi connectivity index (χ4v) is 2.29. The second-order valence-electron chi connectivity index (χ2n) is 6.40. The summed E-state index contributed by atoms with van der Waals surface area (Å²) in [7, 11) is 5.87. The van der Waals surface area contributed by atoms with Gasteiger partial charge in [-0.05, 0) is 12.8 Å². The molecule has 118 valence electrons. The number of carboxylic acid groups (broad SMARTS) is 1. The van der Waals surface area contributed by atoms with Crippen LogP contribution in [-0.4, -0.2) is 55.3 Å². The molecular weight excluding hydrogens is 258 g/mol. The van der Waals surface area contributed by atoms with Gasteiger partial charge in [0.05, 0.1) is 33.5 Å². The van der Waals surface area contributed by atoms with Gasteiger partial charge in [-0.1, -0.05) is 26.7 Å². The minimum Gasteiger partial charge on any atom is -0.481 e. The molecule has 0 spiro atoms. The van der Waals surface area contributed by atoms with E-state index in [4.69, 9.17) is 9.84 Å². The molecule has 0 rings (SSSR count). The molecule has 5 heteroatoms. The van der Waals surface area contributed by atoms with Crippen LogP contribution in [0.1, 0.15) is 46.0 Å². The predicted molar refractivity (Wildman–Crippen MR) is 78.3 cm³/mol. The smallest absolute Gasteiger partial charge is 0.309 e. The Morgan fingerprint density at radius 3 is 1.95 bits per heavy atom. The van der Waals surface area contributed by atoms with Gasteiger partial charge in [0, 0.05) is 0 Å². The zero-order valence-electron chi connectivity index (χ0n) is 13.5. The molecule has 0 bridgehead atoms. The average molecular weight is 288 g/mol. The molecular formula is C15H30NO4+. The minimum absolute atomic E-state index is 0.103. The number of hydrogen-bond acceptors (Lipinski definition) is 3. The van der Waals surface area contributed by atoms with Crippen molar-refractivity contribution in [3.8, 4) is 0 Å². The predicted octanol–water partition coefficient (Wildman–Crippen LogP) is 2.30. The van der Waals surface area contributed by atoms with Gasteiger partial charge in [0.2, 0.25) is 0 Å². The van der Waals surface area contributed by atoms with Crippen molar-refractivity contribution in [2.24, 2.45) is 5.92 Å². The summed E-state index contributed by atoms with van der Waals surface area (Å²) in [6, 6.07) is 0. The number of esters is 1. The largest absolute Gasteiger partial charge is 0.481 e. The van der Waals surface area contributed by atoms with Crippen LogP contribution in [0, 0.1) is 5.92 Å². The molecule has 20 heavy (non-hydrogen) atoms. The van der Waals surface area contributed by atoms with E-state index in [-0.39, 0.29) is 18.3 Å². The average Bonchev–Trinajstić information content (AvgIpc) is 2.25. The first kappa shape index (κ1) is 18.9. The summed E-state index contributed by atoms with van der Waals surface area (Å²) in [5.74, 6) is -1.28. The minimum atomic E-state index is -0.932. The summed E-state index contributed by atoms with van der Waals surface area (Å²) < 4.78 is 6.04. The molecule has 0 aromatic carbocycles. The quantitative estimate of drug-likeness (QED) is 0.495. The van der Waals surface area contributed by atoms with Gasteiger partial charge in [0.1, 0.15) is 6.54 Å². The van der Waals surface area contributed by atoms with Crippen LogP contribution in [-0.2, 0) is 14.3 Å². The number of ether oxygens (including phenoxy) is 1. The molecule has 0 aliphatic rings. The fourth-order valence-electron chi connectivity index (χ4n) is 2.29. The molecule has 0 aliphatic heterocycles. The van der Waals surface area contributed by atoms with E-state index in [1.165, 1.54) is 0 Å². The summed E-state index contributed by atoms with van der Waals surface area (Å²) in [5.41, 5.74) is 0. The van der Waals surface area contributed by atoms with Crippen molar-refractivity contribution in [2.75, 3.05) is 27.7 Å². The van der Waals surface area contributed by atoms with Gasteiger partial charge >= 0.3 is 11.9 Å². The number of likely N-dealkylation sites (N-methyl/N-ethyl adjacent to an activating group) is 1. The Bertz CT molecular complexity index is 303. The Hall–Kier alpha value is -1.10. The van der Waals surface area contributed by atoms with E-state index in [9.17, 15) is 9.59 Å². The Balaban J connectivity index is 4.67. The van der Waals surface area contributed by atoms with Crippen LogP contribution < -0.4 is 0 Å². The molecule has 1 atom stereocenters. The van der Waals surface area contributed by atoms with Crippen molar-refractivity contribution in [2.45, 2.75) is 52.1 Å². The number of hydrogen-bond donors (Lipinski definition) is 1. The summed E-state index contributed by atoms with van der Waals surface area (Å²) in [4.78, 5) is 23.1. The second kappa shape index (κ2) is 8.95. The maximum absolute atomic E-state index is 12.2. The molecule has 0 heterocycles. The number of aliphatic carboxylic acids is 1. The highest BCUT2D eigenvalue weighted by molar-refractivity contribution is 5.73. The van der Waals surface area contributed by atoms with Crippen molar-refractivity contribution in [3.05, 3.63) is 0 Å². The Morgan fingerprint density at radius 2 is 1.60 bits per heavy atom. The third-order valence-corrected chi connectivity index (χ3v) is 3.04. The van der Waals surface area contributed by atoms with Crippen LogP contribution in [0.2, 0.25) is 0 Å². The van der Waals surface area contributed by atoms with Gasteiger partial charge in [-0.3, -0.25) is 9.59 Å². The third-order valence-electron chi connectivity index (χ3n) is 3.04. The SMILES string of the molecule is CCCC(CCC)C(=O)O[C@H](CC(=O)O)C[N+](C)(C)C. The summed E-state index contributed by atoms with van der Waals surface area (Å²) in [5, 5.41) is 8.94. The first-order chi connectivity index (χ1) is 9.19.